The molecule has 17 heteroatoms. The Morgan fingerprint density at radius 1 is 0.488 bits per heavy atom. The molecule has 5 aromatic carbocycles. The van der Waals surface area contributed by atoms with E-state index in [1.54, 1.807) is 26.6 Å². The van der Waals surface area contributed by atoms with Gasteiger partial charge < -0.3 is 47.4 Å². The lowest BCUT2D eigenvalue weighted by Gasteiger charge is -2.16. The molecular weight excluding hydrogens is 1060 g/mol. The van der Waals surface area contributed by atoms with Gasteiger partial charge >= 0.3 is 5.97 Å². The van der Waals surface area contributed by atoms with Gasteiger partial charge in [-0.3, -0.25) is 9.97 Å². The largest absolute Gasteiger partial charge is 0.497 e. The number of carbonyl (C=O) groups is 1. The number of pyridine rings is 2. The van der Waals surface area contributed by atoms with E-state index in [0.29, 0.717) is 38.1 Å². The second-order valence-corrected chi connectivity index (χ2v) is 33.3. The molecule has 9 rings (SSSR count). The molecule has 15 nitrogen and oxygen atoms in total. The van der Waals surface area contributed by atoms with Crippen LogP contribution >= 0.6 is 0 Å². The highest BCUT2D eigenvalue weighted by Gasteiger charge is 2.20. The zero-order valence-electron chi connectivity index (χ0n) is 48.2. The van der Waals surface area contributed by atoms with Crippen molar-refractivity contribution < 1.29 is 43.1 Å². The maximum Gasteiger partial charge on any atom is 0.358 e. The lowest BCUT2D eigenvalue weighted by atomic mass is 10.1. The van der Waals surface area contributed by atoms with Crippen molar-refractivity contribution in [1.29, 1.82) is 0 Å². The number of hydrogen-bond acceptors (Lipinski definition) is 13. The topological polar surface area (TPSA) is 163 Å². The maximum atomic E-state index is 12.9. The van der Waals surface area contributed by atoms with Gasteiger partial charge in [-0.05, 0) is 126 Å². The second-order valence-electron chi connectivity index (χ2n) is 22.0. The molecule has 0 spiro atoms. The molecule has 0 aliphatic rings. The standard InChI is InChI=1S/C36H39N3O5Si.C29H35N3O4Si/c1-41-31-15-10-28(11-16-31)24-43-32-17-12-29(13-18-32)33-19-14-30(22-37-33)35-38-34(23-39(35)26-42-20-21-45(2,3)4)36(40)44-25-27-8-6-5-7-9-27;1-34-26-10-5-22(6-11-26)20-36-27-12-7-23(8-13-27)28-14-9-24(17-30-28)29-31-25(19-33)18-32(29)21-35-15-16-37(2,3)4/h5-19,22-23H,20-21,24-26H2,1-4H3;5-14,17-18,33H,15-16,19-21H2,1-4H3. The van der Waals surface area contributed by atoms with Crippen LogP contribution in [0.2, 0.25) is 51.4 Å². The summed E-state index contributed by atoms with van der Waals surface area (Å²) < 4.78 is 43.5. The molecule has 0 aliphatic carbocycles. The normalized spacial score (nSPS) is 11.4. The van der Waals surface area contributed by atoms with Gasteiger partial charge in [0.1, 0.15) is 67.9 Å². The third-order valence-corrected chi connectivity index (χ3v) is 16.5. The Balaban J connectivity index is 0.000000219. The fourth-order valence-electron chi connectivity index (χ4n) is 8.21. The van der Waals surface area contributed by atoms with Crippen molar-refractivity contribution in [3.8, 4) is 68.3 Å². The predicted molar refractivity (Wildman–Crippen MR) is 326 cm³/mol. The number of rotatable bonds is 26. The van der Waals surface area contributed by atoms with E-state index >= 15 is 0 Å². The Kier molecular flexibility index (Phi) is 21.2. The van der Waals surface area contributed by atoms with Crippen LogP contribution in [0.5, 0.6) is 23.0 Å². The van der Waals surface area contributed by atoms with Crippen LogP contribution in [0.4, 0.5) is 0 Å². The molecule has 0 amide bonds. The van der Waals surface area contributed by atoms with E-state index in [4.69, 9.17) is 38.1 Å². The lowest BCUT2D eigenvalue weighted by Crippen LogP contribution is -2.22. The molecule has 9 aromatic rings. The van der Waals surface area contributed by atoms with E-state index in [9.17, 15) is 9.90 Å². The number of hydrogen-bond donors (Lipinski definition) is 1. The van der Waals surface area contributed by atoms with Crippen LogP contribution in [0.25, 0.3) is 45.3 Å². The van der Waals surface area contributed by atoms with E-state index in [-0.39, 0.29) is 25.6 Å². The molecule has 4 heterocycles. The quantitative estimate of drug-likeness (QED) is 0.0310. The van der Waals surface area contributed by atoms with Gasteiger partial charge in [0.15, 0.2) is 5.69 Å². The summed E-state index contributed by atoms with van der Waals surface area (Å²) in [6.45, 7) is 17.0. The Labute approximate surface area is 483 Å². The van der Waals surface area contributed by atoms with Crippen molar-refractivity contribution in [2.24, 2.45) is 0 Å². The van der Waals surface area contributed by atoms with E-state index < -0.39 is 22.1 Å². The molecule has 0 fully saturated rings. The number of esters is 1. The molecule has 0 unspecified atom stereocenters. The van der Waals surface area contributed by atoms with Gasteiger partial charge in [-0.2, -0.15) is 0 Å². The summed E-state index contributed by atoms with van der Waals surface area (Å²) >= 11 is 0. The van der Waals surface area contributed by atoms with Crippen molar-refractivity contribution in [2.45, 2.75) is 91.3 Å². The monoisotopic (exact) mass is 1140 g/mol. The summed E-state index contributed by atoms with van der Waals surface area (Å²) in [5, 5.41) is 9.60. The Bertz CT molecular complexity index is 3380. The summed E-state index contributed by atoms with van der Waals surface area (Å²) in [5.74, 6) is 4.06. The van der Waals surface area contributed by atoms with Crippen molar-refractivity contribution in [3.05, 3.63) is 205 Å². The summed E-state index contributed by atoms with van der Waals surface area (Å²) in [6, 6.07) is 51.0. The number of aliphatic hydroxyl groups is 1. The molecule has 0 bridgehead atoms. The number of benzene rings is 5. The molecule has 426 valence electrons. The number of carbonyl (C=O) groups excluding carboxylic acids is 1. The Hall–Kier alpha value is -8.20. The molecular formula is C65H74N6O9Si2. The van der Waals surface area contributed by atoms with Gasteiger partial charge in [0.25, 0.3) is 0 Å². The van der Waals surface area contributed by atoms with E-state index in [0.717, 1.165) is 97.8 Å². The summed E-state index contributed by atoms with van der Waals surface area (Å²) in [5.41, 5.74) is 9.16. The minimum Gasteiger partial charge on any atom is -0.497 e. The molecule has 0 saturated carbocycles. The zero-order chi connectivity index (χ0) is 57.9. The van der Waals surface area contributed by atoms with Crippen LogP contribution in [-0.4, -0.2) is 83.7 Å². The first-order valence-electron chi connectivity index (χ1n) is 27.4. The van der Waals surface area contributed by atoms with Crippen molar-refractivity contribution in [2.75, 3.05) is 27.4 Å². The van der Waals surface area contributed by atoms with Crippen LogP contribution in [0, 0.1) is 0 Å². The number of ether oxygens (including phenoxy) is 7. The van der Waals surface area contributed by atoms with Crippen LogP contribution in [0.3, 0.4) is 0 Å². The number of aliphatic hydroxyl groups excluding tert-OH is 1. The molecule has 0 saturated heterocycles. The predicted octanol–water partition coefficient (Wildman–Crippen LogP) is 13.9. The molecule has 4 aromatic heterocycles. The highest BCUT2D eigenvalue weighted by atomic mass is 28.3. The van der Waals surface area contributed by atoms with Gasteiger partial charge in [-0.1, -0.05) is 93.9 Å². The van der Waals surface area contributed by atoms with E-state index in [2.05, 4.69) is 54.2 Å². The van der Waals surface area contributed by atoms with Gasteiger partial charge in [-0.15, -0.1) is 0 Å². The third kappa shape index (κ3) is 18.2. The summed E-state index contributed by atoms with van der Waals surface area (Å²) in [4.78, 5) is 31.5. The summed E-state index contributed by atoms with van der Waals surface area (Å²) in [7, 11) is 0.915. The van der Waals surface area contributed by atoms with Crippen LogP contribution in [0.15, 0.2) is 176 Å². The first-order chi connectivity index (χ1) is 39.6. The van der Waals surface area contributed by atoms with Gasteiger partial charge in [0.05, 0.1) is 37.9 Å². The molecule has 1 N–H and O–H groups in total. The Morgan fingerprint density at radius 2 is 0.915 bits per heavy atom. The van der Waals surface area contributed by atoms with Crippen LogP contribution in [-0.2, 0) is 54.1 Å². The average Bonchev–Trinajstić information content (AvgIpc) is 4.24. The molecule has 0 atom stereocenters. The molecule has 82 heavy (non-hydrogen) atoms. The van der Waals surface area contributed by atoms with Gasteiger partial charge in [0, 0.05) is 76.4 Å². The lowest BCUT2D eigenvalue weighted by molar-refractivity contribution is 0.0465. The fourth-order valence-corrected chi connectivity index (χ4v) is 9.73. The minimum absolute atomic E-state index is 0.118. The van der Waals surface area contributed by atoms with Crippen molar-refractivity contribution >= 4 is 22.1 Å². The highest BCUT2D eigenvalue weighted by Crippen LogP contribution is 2.28. The minimum atomic E-state index is -1.24. The number of methoxy groups -OCH3 is 2. The molecule has 0 aliphatic heterocycles. The van der Waals surface area contributed by atoms with Crippen molar-refractivity contribution in [1.82, 2.24) is 29.1 Å². The first kappa shape index (κ1) is 59.9. The smallest absolute Gasteiger partial charge is 0.358 e. The van der Waals surface area contributed by atoms with Crippen LogP contribution in [0.1, 0.15) is 32.9 Å². The average molecular weight is 1140 g/mol. The number of imidazole rings is 2. The maximum absolute atomic E-state index is 12.9. The van der Waals surface area contributed by atoms with Gasteiger partial charge in [-0.25, -0.2) is 14.8 Å². The van der Waals surface area contributed by atoms with E-state index in [1.165, 1.54) is 0 Å². The zero-order valence-corrected chi connectivity index (χ0v) is 50.2. The van der Waals surface area contributed by atoms with Crippen molar-refractivity contribution in [3.63, 3.8) is 0 Å². The van der Waals surface area contributed by atoms with Gasteiger partial charge in [0.2, 0.25) is 0 Å². The first-order valence-corrected chi connectivity index (χ1v) is 34.8. The van der Waals surface area contributed by atoms with E-state index in [1.807, 2.05) is 173 Å². The molecule has 0 radical (unpaired) electrons. The third-order valence-electron chi connectivity index (χ3n) is 13.1. The number of nitrogens with zero attached hydrogens (tertiary/aromatic N) is 6. The summed E-state index contributed by atoms with van der Waals surface area (Å²) in [6.07, 6.45) is 7.10. The SMILES string of the molecule is COc1ccc(COc2ccc(-c3ccc(-c4nc(C(=O)OCc5ccccc5)cn4COCC[Si](C)(C)C)cn3)cc2)cc1.COc1ccc(COc2ccc(-c3ccc(-c4nc(CO)cn4COCC[Si](C)(C)C)cn3)cc2)cc1. The highest BCUT2D eigenvalue weighted by molar-refractivity contribution is 6.76. The van der Waals surface area contributed by atoms with Crippen LogP contribution < -0.4 is 18.9 Å². The second kappa shape index (κ2) is 29.0. The number of aromatic nitrogens is 6. The Morgan fingerprint density at radius 3 is 1.34 bits per heavy atom. The fraction of sp³-hybridized carbons (Fsp3) is 0.277.